The number of hydrogen-bond donors (Lipinski definition) is 2. The summed E-state index contributed by atoms with van der Waals surface area (Å²) in [5.74, 6) is -0.174. The van der Waals surface area contributed by atoms with Gasteiger partial charge in [-0.3, -0.25) is 9.78 Å². The second-order valence-electron chi connectivity index (χ2n) is 5.70. The van der Waals surface area contributed by atoms with Gasteiger partial charge in [0.25, 0.3) is 5.91 Å². The monoisotopic (exact) mass is 288 g/mol. The summed E-state index contributed by atoms with van der Waals surface area (Å²) in [4.78, 5) is 18.2. The second kappa shape index (κ2) is 6.20. The molecule has 0 atom stereocenters. The molecule has 0 fully saturated rings. The van der Waals surface area contributed by atoms with Crippen molar-refractivity contribution < 1.29 is 15.0 Å². The fourth-order valence-corrected chi connectivity index (χ4v) is 2.29. The molecular weight excluding hydrogens is 268 g/mol. The van der Waals surface area contributed by atoms with Crippen LogP contribution in [0, 0.1) is 5.41 Å². The first-order valence-electron chi connectivity index (χ1n) is 6.81. The van der Waals surface area contributed by atoms with Crippen molar-refractivity contribution in [1.82, 2.24) is 9.88 Å². The average Bonchev–Trinajstić information content (AvgIpc) is 2.53. The summed E-state index contributed by atoms with van der Waals surface area (Å²) in [6, 6.07) is 7.57. The normalized spacial score (nSPS) is 11.6. The number of aromatic nitrogens is 1. The molecule has 2 rings (SSSR count). The third-order valence-electron chi connectivity index (χ3n) is 3.63. The standard InChI is InChI=1S/C16H20N2O3/c1-16(10-19,11-20)9-18(2)15(21)14-8-17-7-12-5-3-4-6-13(12)14/h3-8,19-20H,9-11H2,1-2H3. The summed E-state index contributed by atoms with van der Waals surface area (Å²) in [5.41, 5.74) is -0.198. The largest absolute Gasteiger partial charge is 0.396 e. The minimum Gasteiger partial charge on any atom is -0.396 e. The Balaban J connectivity index is 2.30. The summed E-state index contributed by atoms with van der Waals surface area (Å²) in [5, 5.41) is 20.4. The average molecular weight is 288 g/mol. The number of benzene rings is 1. The van der Waals surface area contributed by atoms with E-state index in [1.165, 1.54) is 4.90 Å². The van der Waals surface area contributed by atoms with Crippen LogP contribution >= 0.6 is 0 Å². The molecule has 5 heteroatoms. The Kier molecular flexibility index (Phi) is 4.55. The Morgan fingerprint density at radius 2 is 1.90 bits per heavy atom. The van der Waals surface area contributed by atoms with Crippen LogP contribution in [0.2, 0.25) is 0 Å². The van der Waals surface area contributed by atoms with E-state index in [1.807, 2.05) is 24.3 Å². The van der Waals surface area contributed by atoms with Crippen molar-refractivity contribution in [2.75, 3.05) is 26.8 Å². The van der Waals surface area contributed by atoms with E-state index in [4.69, 9.17) is 0 Å². The number of fused-ring (bicyclic) bond motifs is 1. The highest BCUT2D eigenvalue weighted by Crippen LogP contribution is 2.21. The topological polar surface area (TPSA) is 73.7 Å². The van der Waals surface area contributed by atoms with Gasteiger partial charge in [0.1, 0.15) is 0 Å². The summed E-state index contributed by atoms with van der Waals surface area (Å²) < 4.78 is 0. The number of amides is 1. The van der Waals surface area contributed by atoms with Gasteiger partial charge in [-0.25, -0.2) is 0 Å². The van der Waals surface area contributed by atoms with E-state index in [0.29, 0.717) is 5.56 Å². The second-order valence-corrected chi connectivity index (χ2v) is 5.70. The van der Waals surface area contributed by atoms with E-state index < -0.39 is 5.41 Å². The molecule has 0 aliphatic carbocycles. The number of carbonyl (C=O) groups excluding carboxylic acids is 1. The van der Waals surface area contributed by atoms with Gasteiger partial charge >= 0.3 is 0 Å². The van der Waals surface area contributed by atoms with Crippen LogP contribution < -0.4 is 0 Å². The summed E-state index contributed by atoms with van der Waals surface area (Å²) in [6.45, 7) is 1.63. The molecule has 1 heterocycles. The number of hydrogen-bond acceptors (Lipinski definition) is 4. The molecule has 2 N–H and O–H groups in total. The van der Waals surface area contributed by atoms with Gasteiger partial charge in [-0.05, 0) is 5.39 Å². The van der Waals surface area contributed by atoms with Gasteiger partial charge in [-0.2, -0.15) is 0 Å². The Morgan fingerprint density at radius 1 is 1.24 bits per heavy atom. The van der Waals surface area contributed by atoms with Gasteiger partial charge in [-0.15, -0.1) is 0 Å². The molecule has 21 heavy (non-hydrogen) atoms. The molecule has 0 radical (unpaired) electrons. The zero-order chi connectivity index (χ0) is 15.5. The van der Waals surface area contributed by atoms with E-state index in [-0.39, 0.29) is 25.7 Å². The lowest BCUT2D eigenvalue weighted by atomic mass is 9.92. The maximum Gasteiger partial charge on any atom is 0.255 e. The molecule has 112 valence electrons. The van der Waals surface area contributed by atoms with Crippen molar-refractivity contribution in [2.24, 2.45) is 5.41 Å². The molecule has 1 aromatic heterocycles. The zero-order valence-electron chi connectivity index (χ0n) is 12.3. The Hall–Kier alpha value is -1.98. The zero-order valence-corrected chi connectivity index (χ0v) is 12.3. The summed E-state index contributed by atoms with van der Waals surface area (Å²) in [7, 11) is 1.66. The lowest BCUT2D eigenvalue weighted by molar-refractivity contribution is 0.0367. The highest BCUT2D eigenvalue weighted by Gasteiger charge is 2.27. The van der Waals surface area contributed by atoms with Crippen molar-refractivity contribution in [2.45, 2.75) is 6.92 Å². The quantitative estimate of drug-likeness (QED) is 0.869. The third kappa shape index (κ3) is 3.20. The van der Waals surface area contributed by atoms with Crippen LogP contribution in [0.15, 0.2) is 36.7 Å². The molecule has 0 bridgehead atoms. The predicted molar refractivity (Wildman–Crippen MR) is 81.0 cm³/mol. The van der Waals surface area contributed by atoms with Crippen LogP contribution in [0.25, 0.3) is 10.8 Å². The fourth-order valence-electron chi connectivity index (χ4n) is 2.29. The highest BCUT2D eigenvalue weighted by molar-refractivity contribution is 6.06. The Bertz CT molecular complexity index is 633. The van der Waals surface area contributed by atoms with Crippen molar-refractivity contribution in [3.05, 3.63) is 42.2 Å². The van der Waals surface area contributed by atoms with E-state index >= 15 is 0 Å². The molecule has 0 unspecified atom stereocenters. The van der Waals surface area contributed by atoms with Crippen molar-refractivity contribution >= 4 is 16.7 Å². The Morgan fingerprint density at radius 3 is 2.57 bits per heavy atom. The molecule has 2 aromatic rings. The van der Waals surface area contributed by atoms with E-state index in [1.54, 1.807) is 26.4 Å². The number of aliphatic hydroxyl groups is 2. The lowest BCUT2D eigenvalue weighted by Gasteiger charge is -2.30. The van der Waals surface area contributed by atoms with Gasteiger partial charge in [-0.1, -0.05) is 31.2 Å². The SMILES string of the molecule is CN(CC(C)(CO)CO)C(=O)c1cncc2ccccc12. The molecule has 0 saturated carbocycles. The summed E-state index contributed by atoms with van der Waals surface area (Å²) >= 11 is 0. The predicted octanol–water partition coefficient (Wildman–Crippen LogP) is 1.30. The van der Waals surface area contributed by atoms with Crippen LogP contribution in [-0.4, -0.2) is 52.8 Å². The number of pyridine rings is 1. The fraction of sp³-hybridized carbons (Fsp3) is 0.375. The van der Waals surface area contributed by atoms with Crippen LogP contribution in [-0.2, 0) is 0 Å². The van der Waals surface area contributed by atoms with Gasteiger partial charge in [0.15, 0.2) is 0 Å². The Labute approximate surface area is 123 Å². The lowest BCUT2D eigenvalue weighted by Crippen LogP contribution is -2.41. The smallest absolute Gasteiger partial charge is 0.255 e. The summed E-state index contributed by atoms with van der Waals surface area (Å²) in [6.07, 6.45) is 3.27. The molecular formula is C16H20N2O3. The van der Waals surface area contributed by atoms with Gasteiger partial charge in [0.05, 0.1) is 18.8 Å². The first-order chi connectivity index (χ1) is 10.0. The molecule has 1 amide bonds. The molecule has 0 spiro atoms. The van der Waals surface area contributed by atoms with Gasteiger partial charge in [0.2, 0.25) is 0 Å². The van der Waals surface area contributed by atoms with Crippen LogP contribution in [0.3, 0.4) is 0 Å². The highest BCUT2D eigenvalue weighted by atomic mass is 16.3. The molecule has 0 aliphatic heterocycles. The molecule has 0 saturated heterocycles. The van der Waals surface area contributed by atoms with E-state index in [2.05, 4.69) is 4.98 Å². The maximum atomic E-state index is 12.6. The van der Waals surface area contributed by atoms with Crippen LogP contribution in [0.5, 0.6) is 0 Å². The number of rotatable bonds is 5. The van der Waals surface area contributed by atoms with Gasteiger partial charge in [0, 0.05) is 36.8 Å². The first-order valence-corrected chi connectivity index (χ1v) is 6.81. The van der Waals surface area contributed by atoms with Crippen molar-refractivity contribution in [1.29, 1.82) is 0 Å². The third-order valence-corrected chi connectivity index (χ3v) is 3.63. The van der Waals surface area contributed by atoms with E-state index in [0.717, 1.165) is 10.8 Å². The number of carbonyl (C=O) groups is 1. The number of nitrogens with zero attached hydrogens (tertiary/aromatic N) is 2. The van der Waals surface area contributed by atoms with Crippen molar-refractivity contribution in [3.63, 3.8) is 0 Å². The van der Waals surface area contributed by atoms with Crippen LogP contribution in [0.1, 0.15) is 17.3 Å². The van der Waals surface area contributed by atoms with Crippen LogP contribution in [0.4, 0.5) is 0 Å². The minimum absolute atomic E-state index is 0.174. The first kappa shape index (κ1) is 15.4. The van der Waals surface area contributed by atoms with Crippen molar-refractivity contribution in [3.8, 4) is 0 Å². The number of aliphatic hydroxyl groups excluding tert-OH is 2. The maximum absolute atomic E-state index is 12.6. The molecule has 5 nitrogen and oxygen atoms in total. The minimum atomic E-state index is -0.720. The van der Waals surface area contributed by atoms with E-state index in [9.17, 15) is 15.0 Å². The molecule has 1 aromatic carbocycles. The molecule has 0 aliphatic rings. The van der Waals surface area contributed by atoms with Gasteiger partial charge < -0.3 is 15.1 Å².